The molecule has 0 atom stereocenters. The fourth-order valence-electron chi connectivity index (χ4n) is 1.34. The van der Waals surface area contributed by atoms with Crippen LogP contribution in [0.15, 0.2) is 0 Å². The van der Waals surface area contributed by atoms with Gasteiger partial charge in [-0.15, -0.1) is 0 Å². The molecule has 0 amide bonds. The van der Waals surface area contributed by atoms with Crippen molar-refractivity contribution in [1.82, 2.24) is 0 Å². The summed E-state index contributed by atoms with van der Waals surface area (Å²) < 4.78 is 57.5. The average Bonchev–Trinajstić information content (AvgIpc) is 2.20. The Hall–Kier alpha value is 0.130. The van der Waals surface area contributed by atoms with Gasteiger partial charge in [0.1, 0.15) is 0 Å². The van der Waals surface area contributed by atoms with Gasteiger partial charge in [-0.2, -0.15) is 21.6 Å². The van der Waals surface area contributed by atoms with Gasteiger partial charge in [0.15, 0.2) is 0 Å². The van der Waals surface area contributed by atoms with Crippen molar-refractivity contribution in [3.8, 4) is 0 Å². The summed E-state index contributed by atoms with van der Waals surface area (Å²) in [6.07, 6.45) is 5.82. The first-order valence-corrected chi connectivity index (χ1v) is 9.35. The molecule has 0 fully saturated rings. The van der Waals surface area contributed by atoms with E-state index in [9.17, 15) is 13.2 Å². The summed E-state index contributed by atoms with van der Waals surface area (Å²) in [6.45, 7) is 9.41. The van der Waals surface area contributed by atoms with Crippen LogP contribution in [-0.2, 0) is 10.1 Å². The quantitative estimate of drug-likeness (QED) is 0.491. The van der Waals surface area contributed by atoms with Gasteiger partial charge in [0.25, 0.3) is 0 Å². The maximum Gasteiger partial charge on any atom is 0.522 e. The van der Waals surface area contributed by atoms with Crippen molar-refractivity contribution in [2.75, 3.05) is 24.6 Å². The van der Waals surface area contributed by atoms with Gasteiger partial charge < -0.3 is 0 Å². The van der Waals surface area contributed by atoms with Crippen molar-refractivity contribution in [2.45, 2.75) is 33.2 Å². The lowest BCUT2D eigenvalue weighted by Gasteiger charge is -2.20. The standard InChI is InChI=1S/C8H20P.CHF3O3S/c1-5-9(6-2,7-3)8-4;2-1(3,4)8(5,6)7/h5-8H2,1-4H3;(H,5,6,7)/q+1;. The fraction of sp³-hybridized carbons (Fsp3) is 1.00. The number of hydrogen-bond donors (Lipinski definition) is 1. The third kappa shape index (κ3) is 7.21. The van der Waals surface area contributed by atoms with Crippen molar-refractivity contribution >= 4 is 17.4 Å². The maximum absolute atomic E-state index is 10.7. The summed E-state index contributed by atoms with van der Waals surface area (Å²) in [7, 11) is -6.26. The van der Waals surface area contributed by atoms with E-state index >= 15 is 0 Å². The van der Waals surface area contributed by atoms with Gasteiger partial charge >= 0.3 is 15.6 Å². The summed E-state index contributed by atoms with van der Waals surface area (Å²) >= 11 is 0. The van der Waals surface area contributed by atoms with E-state index in [-0.39, 0.29) is 0 Å². The van der Waals surface area contributed by atoms with Gasteiger partial charge in [-0.3, -0.25) is 4.55 Å². The SMILES string of the molecule is CC[P+](CC)(CC)CC.O=S(=O)(O)C(F)(F)F. The Morgan fingerprint density at radius 1 is 0.941 bits per heavy atom. The Kier molecular flexibility index (Phi) is 8.63. The van der Waals surface area contributed by atoms with Crippen LogP contribution in [0.3, 0.4) is 0 Å². The second-order valence-electron chi connectivity index (χ2n) is 3.53. The van der Waals surface area contributed by atoms with Gasteiger partial charge in [0, 0.05) is 7.26 Å². The maximum atomic E-state index is 10.7. The first kappa shape index (κ1) is 19.5. The van der Waals surface area contributed by atoms with Crippen LogP contribution < -0.4 is 0 Å². The molecule has 0 aliphatic heterocycles. The van der Waals surface area contributed by atoms with E-state index in [1.54, 1.807) is 0 Å². The third-order valence-corrected chi connectivity index (χ3v) is 8.93. The summed E-state index contributed by atoms with van der Waals surface area (Å²) in [5.74, 6) is 0. The lowest BCUT2D eigenvalue weighted by atomic mass is 10.9. The van der Waals surface area contributed by atoms with Crippen LogP contribution in [-0.4, -0.2) is 43.1 Å². The highest BCUT2D eigenvalue weighted by molar-refractivity contribution is 7.86. The van der Waals surface area contributed by atoms with E-state index in [1.165, 1.54) is 24.6 Å². The van der Waals surface area contributed by atoms with Gasteiger partial charge in [0.2, 0.25) is 0 Å². The Bertz CT molecular complexity index is 280. The second kappa shape index (κ2) is 7.54. The van der Waals surface area contributed by atoms with E-state index in [2.05, 4.69) is 27.7 Å². The van der Waals surface area contributed by atoms with Gasteiger partial charge in [0.05, 0.1) is 24.6 Å². The summed E-state index contributed by atoms with van der Waals surface area (Å²) in [4.78, 5) is 0. The first-order chi connectivity index (χ1) is 7.49. The van der Waals surface area contributed by atoms with Crippen LogP contribution in [0.25, 0.3) is 0 Å². The summed E-state index contributed by atoms with van der Waals surface area (Å²) in [6, 6.07) is 0. The van der Waals surface area contributed by atoms with Crippen LogP contribution >= 0.6 is 7.26 Å². The molecule has 8 heteroatoms. The average molecular weight is 297 g/mol. The van der Waals surface area contributed by atoms with Crippen LogP contribution in [0.1, 0.15) is 27.7 Å². The first-order valence-electron chi connectivity index (χ1n) is 5.38. The molecule has 3 nitrogen and oxygen atoms in total. The highest BCUT2D eigenvalue weighted by Gasteiger charge is 2.44. The van der Waals surface area contributed by atoms with Crippen molar-refractivity contribution in [3.05, 3.63) is 0 Å². The molecule has 0 aliphatic carbocycles. The van der Waals surface area contributed by atoms with Crippen molar-refractivity contribution in [2.24, 2.45) is 0 Å². The molecule has 0 radical (unpaired) electrons. The molecular weight excluding hydrogens is 276 g/mol. The Balaban J connectivity index is 0. The molecule has 0 rings (SSSR count). The molecule has 0 aliphatic rings. The molecule has 0 aromatic rings. The molecule has 0 heterocycles. The molecule has 0 saturated carbocycles. The molecule has 0 spiro atoms. The molecule has 1 N–H and O–H groups in total. The molecule has 106 valence electrons. The Labute approximate surface area is 102 Å². The zero-order valence-electron chi connectivity index (χ0n) is 10.6. The highest BCUT2D eigenvalue weighted by Crippen LogP contribution is 2.57. The van der Waals surface area contributed by atoms with Gasteiger partial charge in [-0.1, -0.05) is 0 Å². The third-order valence-electron chi connectivity index (χ3n) is 2.98. The van der Waals surface area contributed by atoms with E-state index in [1.807, 2.05) is 0 Å². The minimum atomic E-state index is -5.84. The molecule has 17 heavy (non-hydrogen) atoms. The molecule has 0 unspecified atom stereocenters. The van der Waals surface area contributed by atoms with E-state index < -0.39 is 22.9 Å². The lowest BCUT2D eigenvalue weighted by Crippen LogP contribution is -2.21. The molecule has 0 bridgehead atoms. The van der Waals surface area contributed by atoms with Crippen molar-refractivity contribution in [3.63, 3.8) is 0 Å². The van der Waals surface area contributed by atoms with Crippen molar-refractivity contribution < 1.29 is 26.1 Å². The Morgan fingerprint density at radius 3 is 1.12 bits per heavy atom. The summed E-state index contributed by atoms with van der Waals surface area (Å²) in [5, 5.41) is 0. The largest absolute Gasteiger partial charge is 0.522 e. The van der Waals surface area contributed by atoms with Crippen LogP contribution in [0.2, 0.25) is 0 Å². The smallest absolute Gasteiger partial charge is 0.279 e. The number of rotatable bonds is 4. The monoisotopic (exact) mass is 297 g/mol. The topological polar surface area (TPSA) is 54.4 Å². The highest BCUT2D eigenvalue weighted by atomic mass is 32.2. The minimum Gasteiger partial charge on any atom is -0.279 e. The minimum absolute atomic E-state index is 0.420. The zero-order chi connectivity index (χ0) is 14.3. The van der Waals surface area contributed by atoms with Gasteiger partial charge in [-0.25, -0.2) is 0 Å². The van der Waals surface area contributed by atoms with E-state index in [0.717, 1.165) is 0 Å². The fourth-order valence-corrected chi connectivity index (χ4v) is 4.02. The van der Waals surface area contributed by atoms with Crippen molar-refractivity contribution in [1.29, 1.82) is 0 Å². The lowest BCUT2D eigenvalue weighted by molar-refractivity contribution is -0.0510. The molecule has 0 aromatic carbocycles. The van der Waals surface area contributed by atoms with E-state index in [4.69, 9.17) is 13.0 Å². The predicted molar refractivity (Wildman–Crippen MR) is 66.7 cm³/mol. The Morgan fingerprint density at radius 2 is 1.12 bits per heavy atom. The molecule has 0 aromatic heterocycles. The normalized spacial score (nSPS) is 12.9. The van der Waals surface area contributed by atoms with Crippen LogP contribution in [0.5, 0.6) is 0 Å². The predicted octanol–water partition coefficient (Wildman–Crippen LogP) is 3.48. The zero-order valence-corrected chi connectivity index (χ0v) is 12.3. The van der Waals surface area contributed by atoms with Gasteiger partial charge in [-0.05, 0) is 27.7 Å². The summed E-state index contributed by atoms with van der Waals surface area (Å²) in [5.41, 5.74) is -5.53. The van der Waals surface area contributed by atoms with Crippen LogP contribution in [0.4, 0.5) is 13.2 Å². The number of halogens is 3. The molecule has 0 saturated heterocycles. The van der Waals surface area contributed by atoms with E-state index in [0.29, 0.717) is 0 Å². The number of alkyl halides is 3. The second-order valence-corrected chi connectivity index (χ2v) is 10.2. The van der Waals surface area contributed by atoms with Crippen LogP contribution in [0, 0.1) is 0 Å². The molecular formula is C9H21F3O3PS+. The number of hydrogen-bond acceptors (Lipinski definition) is 2.